The molecule has 5 nitrogen and oxygen atoms in total. The molecular weight excluding hydrogens is 332 g/mol. The van der Waals surface area contributed by atoms with Gasteiger partial charge < -0.3 is 13.9 Å². The zero-order valence-corrected chi connectivity index (χ0v) is 14.9. The second kappa shape index (κ2) is 7.44. The molecule has 3 aromatic rings. The zero-order valence-electron chi connectivity index (χ0n) is 14.9. The lowest BCUT2D eigenvalue weighted by Crippen LogP contribution is -2.21. The number of esters is 1. The summed E-state index contributed by atoms with van der Waals surface area (Å²) < 4.78 is 16.4. The number of hydrogen-bond donors (Lipinski definition) is 0. The lowest BCUT2D eigenvalue weighted by atomic mass is 10.1. The summed E-state index contributed by atoms with van der Waals surface area (Å²) >= 11 is 0. The van der Waals surface area contributed by atoms with Crippen molar-refractivity contribution < 1.29 is 18.7 Å². The van der Waals surface area contributed by atoms with Crippen LogP contribution in [0.2, 0.25) is 0 Å². The molecule has 2 aromatic carbocycles. The SMILES string of the molecule is CCOC(=O)[C@H](Oc1ccc2c(C)c(C)c(=O)oc2c1)c1ccccc1. The second-order valence-electron chi connectivity index (χ2n) is 5.96. The van der Waals surface area contributed by atoms with E-state index in [4.69, 9.17) is 13.9 Å². The van der Waals surface area contributed by atoms with E-state index < -0.39 is 12.1 Å². The number of benzene rings is 2. The molecule has 5 heteroatoms. The van der Waals surface area contributed by atoms with Crippen LogP contribution in [0.5, 0.6) is 5.75 Å². The average molecular weight is 352 g/mol. The molecule has 0 aliphatic rings. The Morgan fingerprint density at radius 1 is 1.08 bits per heavy atom. The standard InChI is InChI=1S/C21H20O5/c1-4-24-21(23)19(15-8-6-5-7-9-15)25-16-10-11-17-13(2)14(3)20(22)26-18(17)12-16/h5-12,19H,4H2,1-3H3/t19-/m1/s1. The normalized spacial score (nSPS) is 12.0. The molecule has 1 atom stereocenters. The van der Waals surface area contributed by atoms with Crippen molar-refractivity contribution in [3.8, 4) is 5.75 Å². The van der Waals surface area contributed by atoms with Gasteiger partial charge in [0.05, 0.1) is 6.61 Å². The first kappa shape index (κ1) is 17.7. The maximum Gasteiger partial charge on any atom is 0.352 e. The molecule has 0 N–H and O–H groups in total. The fraction of sp³-hybridized carbons (Fsp3) is 0.238. The quantitative estimate of drug-likeness (QED) is 0.511. The highest BCUT2D eigenvalue weighted by molar-refractivity contribution is 5.82. The number of carbonyl (C=O) groups excluding carboxylic acids is 1. The Balaban J connectivity index is 2.00. The highest BCUT2D eigenvalue weighted by Crippen LogP contribution is 2.28. The van der Waals surface area contributed by atoms with E-state index in [9.17, 15) is 9.59 Å². The fourth-order valence-electron chi connectivity index (χ4n) is 2.74. The summed E-state index contributed by atoms with van der Waals surface area (Å²) in [5.41, 5.74) is 2.18. The number of fused-ring (bicyclic) bond motifs is 1. The van der Waals surface area contributed by atoms with Gasteiger partial charge in [-0.2, -0.15) is 0 Å². The Kier molecular flexibility index (Phi) is 5.07. The van der Waals surface area contributed by atoms with Gasteiger partial charge in [0, 0.05) is 22.6 Å². The van der Waals surface area contributed by atoms with Crippen LogP contribution in [0, 0.1) is 13.8 Å². The first-order chi connectivity index (χ1) is 12.5. The van der Waals surface area contributed by atoms with Crippen molar-refractivity contribution in [1.82, 2.24) is 0 Å². The molecule has 1 aromatic heterocycles. The van der Waals surface area contributed by atoms with Crippen LogP contribution in [-0.2, 0) is 9.53 Å². The van der Waals surface area contributed by atoms with Crippen LogP contribution in [0.4, 0.5) is 0 Å². The molecule has 1 heterocycles. The smallest absolute Gasteiger partial charge is 0.352 e. The molecule has 0 aliphatic heterocycles. The van der Waals surface area contributed by atoms with Crippen molar-refractivity contribution >= 4 is 16.9 Å². The van der Waals surface area contributed by atoms with Gasteiger partial charge in [0.2, 0.25) is 6.10 Å². The van der Waals surface area contributed by atoms with Crippen molar-refractivity contribution in [2.24, 2.45) is 0 Å². The predicted molar refractivity (Wildman–Crippen MR) is 98.4 cm³/mol. The van der Waals surface area contributed by atoms with E-state index >= 15 is 0 Å². The average Bonchev–Trinajstić information content (AvgIpc) is 2.65. The molecule has 3 rings (SSSR count). The Morgan fingerprint density at radius 3 is 2.50 bits per heavy atom. The van der Waals surface area contributed by atoms with Crippen molar-refractivity contribution in [2.75, 3.05) is 6.61 Å². The Bertz CT molecular complexity index is 988. The van der Waals surface area contributed by atoms with Gasteiger partial charge >= 0.3 is 11.6 Å². The van der Waals surface area contributed by atoms with Crippen LogP contribution >= 0.6 is 0 Å². The third kappa shape index (κ3) is 3.47. The van der Waals surface area contributed by atoms with Gasteiger partial charge in [-0.05, 0) is 38.5 Å². The molecular formula is C21H20O5. The van der Waals surface area contributed by atoms with Crippen molar-refractivity contribution in [2.45, 2.75) is 26.9 Å². The van der Waals surface area contributed by atoms with Gasteiger partial charge in [-0.25, -0.2) is 9.59 Å². The minimum absolute atomic E-state index is 0.261. The van der Waals surface area contributed by atoms with Crippen molar-refractivity contribution in [3.05, 3.63) is 75.6 Å². The predicted octanol–water partition coefficient (Wildman–Crippen LogP) is 4.09. The highest BCUT2D eigenvalue weighted by atomic mass is 16.6. The fourth-order valence-corrected chi connectivity index (χ4v) is 2.74. The van der Waals surface area contributed by atoms with E-state index in [0.717, 1.165) is 10.9 Å². The van der Waals surface area contributed by atoms with E-state index in [0.29, 0.717) is 22.5 Å². The summed E-state index contributed by atoms with van der Waals surface area (Å²) in [6.07, 6.45) is -0.896. The monoisotopic (exact) mass is 352 g/mol. The molecule has 26 heavy (non-hydrogen) atoms. The summed E-state index contributed by atoms with van der Waals surface area (Å²) in [5.74, 6) is -0.0499. The summed E-state index contributed by atoms with van der Waals surface area (Å²) in [4.78, 5) is 24.3. The number of aryl methyl sites for hydroxylation is 1. The maximum absolute atomic E-state index is 12.3. The Morgan fingerprint density at radius 2 is 1.81 bits per heavy atom. The van der Waals surface area contributed by atoms with Crippen molar-refractivity contribution in [3.63, 3.8) is 0 Å². The number of hydrogen-bond acceptors (Lipinski definition) is 5. The summed E-state index contributed by atoms with van der Waals surface area (Å²) in [6, 6.07) is 14.3. The van der Waals surface area contributed by atoms with E-state index in [-0.39, 0.29) is 12.2 Å². The van der Waals surface area contributed by atoms with Crippen LogP contribution in [0.15, 0.2) is 57.7 Å². The van der Waals surface area contributed by atoms with E-state index in [2.05, 4.69) is 0 Å². The van der Waals surface area contributed by atoms with Crippen LogP contribution in [0.25, 0.3) is 11.0 Å². The van der Waals surface area contributed by atoms with Crippen LogP contribution in [0.3, 0.4) is 0 Å². The molecule has 134 valence electrons. The third-order valence-electron chi connectivity index (χ3n) is 4.29. The lowest BCUT2D eigenvalue weighted by molar-refractivity contribution is -0.151. The largest absolute Gasteiger partial charge is 0.474 e. The van der Waals surface area contributed by atoms with Crippen LogP contribution in [-0.4, -0.2) is 12.6 Å². The number of ether oxygens (including phenoxy) is 2. The van der Waals surface area contributed by atoms with Gasteiger partial charge in [-0.15, -0.1) is 0 Å². The molecule has 0 radical (unpaired) electrons. The molecule has 0 fully saturated rings. The maximum atomic E-state index is 12.3. The van der Waals surface area contributed by atoms with Gasteiger partial charge in [0.25, 0.3) is 0 Å². The summed E-state index contributed by atoms with van der Waals surface area (Å²) in [5, 5.41) is 0.835. The third-order valence-corrected chi connectivity index (χ3v) is 4.29. The summed E-state index contributed by atoms with van der Waals surface area (Å²) in [6.45, 7) is 5.62. The Labute approximate surface area is 151 Å². The zero-order chi connectivity index (χ0) is 18.7. The summed E-state index contributed by atoms with van der Waals surface area (Å²) in [7, 11) is 0. The van der Waals surface area contributed by atoms with Crippen LogP contribution in [0.1, 0.15) is 29.7 Å². The second-order valence-corrected chi connectivity index (χ2v) is 5.96. The number of carbonyl (C=O) groups is 1. The highest BCUT2D eigenvalue weighted by Gasteiger charge is 2.24. The molecule has 0 unspecified atom stereocenters. The van der Waals surface area contributed by atoms with Gasteiger partial charge in [-0.3, -0.25) is 0 Å². The first-order valence-corrected chi connectivity index (χ1v) is 8.43. The molecule has 0 aliphatic carbocycles. The topological polar surface area (TPSA) is 65.7 Å². The Hall–Kier alpha value is -3.08. The van der Waals surface area contributed by atoms with Crippen molar-refractivity contribution in [1.29, 1.82) is 0 Å². The number of rotatable bonds is 5. The van der Waals surface area contributed by atoms with Gasteiger partial charge in [-0.1, -0.05) is 30.3 Å². The van der Waals surface area contributed by atoms with Crippen LogP contribution < -0.4 is 10.4 Å². The minimum atomic E-state index is -0.896. The van der Waals surface area contributed by atoms with Gasteiger partial charge in [0.1, 0.15) is 11.3 Å². The molecule has 0 saturated heterocycles. The molecule has 0 amide bonds. The van der Waals surface area contributed by atoms with E-state index in [1.54, 1.807) is 38.1 Å². The molecule has 0 spiro atoms. The van der Waals surface area contributed by atoms with Gasteiger partial charge in [0.15, 0.2) is 0 Å². The van der Waals surface area contributed by atoms with E-state index in [1.807, 2.05) is 31.2 Å². The molecule has 0 saturated carbocycles. The lowest BCUT2D eigenvalue weighted by Gasteiger charge is -2.18. The van der Waals surface area contributed by atoms with E-state index in [1.165, 1.54) is 0 Å². The minimum Gasteiger partial charge on any atom is -0.474 e. The first-order valence-electron chi connectivity index (χ1n) is 8.43. The molecule has 0 bridgehead atoms.